The Morgan fingerprint density at radius 2 is 2.29 bits per heavy atom. The molecule has 1 saturated heterocycles. The summed E-state index contributed by atoms with van der Waals surface area (Å²) >= 11 is 1.58. The molecule has 90 valence electrons. The van der Waals surface area contributed by atoms with Crippen molar-refractivity contribution in [3.8, 4) is 0 Å². The first-order valence-corrected chi connectivity index (χ1v) is 6.45. The van der Waals surface area contributed by atoms with Gasteiger partial charge in [0.2, 0.25) is 5.91 Å². The van der Waals surface area contributed by atoms with Crippen molar-refractivity contribution in [1.29, 1.82) is 0 Å². The van der Waals surface area contributed by atoms with Crippen LogP contribution in [0.4, 0.5) is 5.69 Å². The normalized spacial score (nSPS) is 25.8. The lowest BCUT2D eigenvalue weighted by atomic mass is 9.89. The van der Waals surface area contributed by atoms with Crippen LogP contribution >= 0.6 is 11.8 Å². The number of thioether (sulfide) groups is 1. The SMILES string of the molecule is CC1Sc2ccc(C3(N)COC3)cc2NC1=O. The van der Waals surface area contributed by atoms with Crippen LogP contribution in [0, 0.1) is 0 Å². The van der Waals surface area contributed by atoms with Gasteiger partial charge in [0, 0.05) is 4.90 Å². The van der Waals surface area contributed by atoms with Gasteiger partial charge in [0.15, 0.2) is 0 Å². The Hall–Kier alpha value is -1.04. The molecule has 1 unspecified atom stereocenters. The third-order valence-electron chi connectivity index (χ3n) is 3.20. The zero-order chi connectivity index (χ0) is 12.0. The molecular weight excluding hydrogens is 236 g/mol. The predicted octanol–water partition coefficient (Wildman–Crippen LogP) is 1.30. The number of ether oxygens (including phenoxy) is 1. The van der Waals surface area contributed by atoms with Crippen molar-refractivity contribution in [3.05, 3.63) is 23.8 Å². The molecule has 0 spiro atoms. The summed E-state index contributed by atoms with van der Waals surface area (Å²) in [6.07, 6.45) is 0. The van der Waals surface area contributed by atoms with Gasteiger partial charge < -0.3 is 15.8 Å². The zero-order valence-corrected chi connectivity index (χ0v) is 10.3. The van der Waals surface area contributed by atoms with E-state index in [1.807, 2.05) is 25.1 Å². The number of fused-ring (bicyclic) bond motifs is 1. The third kappa shape index (κ3) is 1.74. The highest BCUT2D eigenvalue weighted by atomic mass is 32.2. The van der Waals surface area contributed by atoms with Crippen LogP contribution in [0.15, 0.2) is 23.1 Å². The minimum atomic E-state index is -0.381. The van der Waals surface area contributed by atoms with Crippen LogP contribution in [0.2, 0.25) is 0 Å². The molecule has 1 atom stereocenters. The Balaban J connectivity index is 1.96. The van der Waals surface area contributed by atoms with Gasteiger partial charge in [-0.2, -0.15) is 0 Å². The monoisotopic (exact) mass is 250 g/mol. The van der Waals surface area contributed by atoms with Gasteiger partial charge in [-0.15, -0.1) is 11.8 Å². The van der Waals surface area contributed by atoms with Crippen LogP contribution < -0.4 is 11.1 Å². The molecule has 1 aromatic rings. The molecule has 0 aromatic heterocycles. The highest BCUT2D eigenvalue weighted by Crippen LogP contribution is 2.38. The summed E-state index contributed by atoms with van der Waals surface area (Å²) in [6.45, 7) is 2.99. The first-order chi connectivity index (χ1) is 8.08. The fourth-order valence-electron chi connectivity index (χ4n) is 2.01. The van der Waals surface area contributed by atoms with Crippen LogP contribution in [0.25, 0.3) is 0 Å². The molecule has 4 nitrogen and oxygen atoms in total. The number of benzene rings is 1. The summed E-state index contributed by atoms with van der Waals surface area (Å²) in [7, 11) is 0. The van der Waals surface area contributed by atoms with E-state index >= 15 is 0 Å². The number of hydrogen-bond acceptors (Lipinski definition) is 4. The van der Waals surface area contributed by atoms with Gasteiger partial charge in [-0.3, -0.25) is 4.79 Å². The summed E-state index contributed by atoms with van der Waals surface area (Å²) in [5.74, 6) is 0.0515. The number of amides is 1. The highest BCUT2D eigenvalue weighted by Gasteiger charge is 2.37. The second-order valence-electron chi connectivity index (χ2n) is 4.61. The first-order valence-electron chi connectivity index (χ1n) is 5.57. The minimum Gasteiger partial charge on any atom is -0.377 e. The minimum absolute atomic E-state index is 0.0350. The highest BCUT2D eigenvalue weighted by molar-refractivity contribution is 8.00. The van der Waals surface area contributed by atoms with Crippen LogP contribution in [-0.2, 0) is 15.1 Å². The van der Waals surface area contributed by atoms with E-state index in [0.717, 1.165) is 16.1 Å². The standard InChI is InChI=1S/C12H14N2O2S/c1-7-11(15)14-9-4-8(2-3-10(9)17-7)12(13)5-16-6-12/h2-4,7H,5-6,13H2,1H3,(H,14,15). The van der Waals surface area contributed by atoms with Crippen molar-refractivity contribution < 1.29 is 9.53 Å². The summed E-state index contributed by atoms with van der Waals surface area (Å²) in [6, 6.07) is 6.02. The maximum atomic E-state index is 11.6. The maximum absolute atomic E-state index is 11.6. The molecule has 2 heterocycles. The van der Waals surface area contributed by atoms with Crippen molar-refractivity contribution in [2.45, 2.75) is 22.6 Å². The topological polar surface area (TPSA) is 64.3 Å². The Bertz CT molecular complexity index is 485. The Labute approximate surface area is 104 Å². The quantitative estimate of drug-likeness (QED) is 0.788. The van der Waals surface area contributed by atoms with Gasteiger partial charge in [0.1, 0.15) is 0 Å². The summed E-state index contributed by atoms with van der Waals surface area (Å²) in [5, 5.41) is 2.88. The Morgan fingerprint density at radius 3 is 2.94 bits per heavy atom. The van der Waals surface area contributed by atoms with Crippen LogP contribution in [0.5, 0.6) is 0 Å². The van der Waals surface area contributed by atoms with Crippen molar-refractivity contribution in [2.75, 3.05) is 18.5 Å². The number of carbonyl (C=O) groups is 1. The van der Waals surface area contributed by atoms with Crippen LogP contribution in [0.3, 0.4) is 0 Å². The molecule has 1 aromatic carbocycles. The molecular formula is C12H14N2O2S. The van der Waals surface area contributed by atoms with Gasteiger partial charge in [-0.1, -0.05) is 6.07 Å². The smallest absolute Gasteiger partial charge is 0.237 e. The van der Waals surface area contributed by atoms with Gasteiger partial charge >= 0.3 is 0 Å². The van der Waals surface area contributed by atoms with E-state index in [4.69, 9.17) is 10.5 Å². The van der Waals surface area contributed by atoms with Crippen molar-refractivity contribution in [2.24, 2.45) is 5.73 Å². The molecule has 0 radical (unpaired) electrons. The van der Waals surface area contributed by atoms with E-state index in [0.29, 0.717) is 13.2 Å². The fraction of sp³-hybridized carbons (Fsp3) is 0.417. The Kier molecular flexibility index (Phi) is 2.43. The lowest BCUT2D eigenvalue weighted by molar-refractivity contribution is -0.115. The molecule has 1 amide bonds. The average Bonchev–Trinajstić information content (AvgIpc) is 2.27. The molecule has 5 heteroatoms. The molecule has 1 fully saturated rings. The number of hydrogen-bond donors (Lipinski definition) is 2. The average molecular weight is 250 g/mol. The second-order valence-corrected chi connectivity index (χ2v) is 5.99. The van der Waals surface area contributed by atoms with Gasteiger partial charge in [-0.25, -0.2) is 0 Å². The maximum Gasteiger partial charge on any atom is 0.237 e. The molecule has 17 heavy (non-hydrogen) atoms. The van der Waals surface area contributed by atoms with E-state index in [1.54, 1.807) is 11.8 Å². The Morgan fingerprint density at radius 1 is 1.53 bits per heavy atom. The molecule has 0 saturated carbocycles. The number of carbonyl (C=O) groups excluding carboxylic acids is 1. The molecule has 3 rings (SSSR count). The van der Waals surface area contributed by atoms with Crippen molar-refractivity contribution in [1.82, 2.24) is 0 Å². The molecule has 2 aliphatic rings. The largest absolute Gasteiger partial charge is 0.377 e. The summed E-state index contributed by atoms with van der Waals surface area (Å²) in [5.41, 5.74) is 7.69. The van der Waals surface area contributed by atoms with Crippen LogP contribution in [-0.4, -0.2) is 24.4 Å². The summed E-state index contributed by atoms with van der Waals surface area (Å²) in [4.78, 5) is 12.7. The van der Waals surface area contributed by atoms with Gasteiger partial charge in [-0.05, 0) is 24.6 Å². The lowest BCUT2D eigenvalue weighted by Crippen LogP contribution is -2.54. The lowest BCUT2D eigenvalue weighted by Gasteiger charge is -2.38. The fourth-order valence-corrected chi connectivity index (χ4v) is 2.94. The van der Waals surface area contributed by atoms with Crippen molar-refractivity contribution >= 4 is 23.4 Å². The van der Waals surface area contributed by atoms with Gasteiger partial charge in [0.25, 0.3) is 0 Å². The van der Waals surface area contributed by atoms with E-state index in [9.17, 15) is 4.79 Å². The number of anilines is 1. The number of rotatable bonds is 1. The number of nitrogens with one attached hydrogen (secondary N) is 1. The second kappa shape index (κ2) is 3.73. The molecule has 0 bridgehead atoms. The third-order valence-corrected chi connectivity index (χ3v) is 4.38. The van der Waals surface area contributed by atoms with E-state index in [2.05, 4.69) is 5.32 Å². The summed E-state index contributed by atoms with van der Waals surface area (Å²) < 4.78 is 5.16. The van der Waals surface area contributed by atoms with E-state index in [1.165, 1.54) is 0 Å². The van der Waals surface area contributed by atoms with Crippen LogP contribution in [0.1, 0.15) is 12.5 Å². The first kappa shape index (κ1) is 11.1. The van der Waals surface area contributed by atoms with Crippen molar-refractivity contribution in [3.63, 3.8) is 0 Å². The molecule has 3 N–H and O–H groups in total. The zero-order valence-electron chi connectivity index (χ0n) is 9.53. The number of nitrogens with two attached hydrogens (primary N) is 1. The van der Waals surface area contributed by atoms with E-state index < -0.39 is 0 Å². The van der Waals surface area contributed by atoms with Gasteiger partial charge in [0.05, 0.1) is 29.7 Å². The predicted molar refractivity (Wildman–Crippen MR) is 67.1 cm³/mol. The van der Waals surface area contributed by atoms with E-state index in [-0.39, 0.29) is 16.7 Å². The molecule has 2 aliphatic heterocycles. The molecule has 0 aliphatic carbocycles.